The summed E-state index contributed by atoms with van der Waals surface area (Å²) in [5.74, 6) is 0. The summed E-state index contributed by atoms with van der Waals surface area (Å²) in [7, 11) is 0. The minimum atomic E-state index is 0.129. The number of benzene rings is 1. The molecule has 0 saturated carbocycles. The van der Waals surface area contributed by atoms with Gasteiger partial charge >= 0.3 is 0 Å². The van der Waals surface area contributed by atoms with Crippen LogP contribution in [0.1, 0.15) is 12.5 Å². The predicted octanol–water partition coefficient (Wildman–Crippen LogP) is 3.84. The first-order valence-electron chi connectivity index (χ1n) is 5.27. The molecule has 0 fully saturated rings. The predicted molar refractivity (Wildman–Crippen MR) is 75.0 cm³/mol. The van der Waals surface area contributed by atoms with E-state index >= 15 is 0 Å². The van der Waals surface area contributed by atoms with Crippen molar-refractivity contribution in [2.75, 3.05) is 0 Å². The van der Waals surface area contributed by atoms with Crippen molar-refractivity contribution in [3.63, 3.8) is 0 Å². The molecule has 17 heavy (non-hydrogen) atoms. The Morgan fingerprint density at radius 1 is 1.53 bits per heavy atom. The van der Waals surface area contributed by atoms with E-state index < -0.39 is 0 Å². The van der Waals surface area contributed by atoms with E-state index in [0.717, 1.165) is 20.7 Å². The zero-order valence-electron chi connectivity index (χ0n) is 9.39. The normalized spacial score (nSPS) is 12.6. The first-order valence-corrected chi connectivity index (χ1v) is 7.34. The number of thiazole rings is 1. The quantitative estimate of drug-likeness (QED) is 0.927. The van der Waals surface area contributed by atoms with Gasteiger partial charge in [0.2, 0.25) is 0 Å². The molecule has 0 spiro atoms. The van der Waals surface area contributed by atoms with Crippen molar-refractivity contribution in [2.24, 2.45) is 5.73 Å². The average molecular weight is 285 g/mol. The average Bonchev–Trinajstić information content (AvgIpc) is 2.75. The van der Waals surface area contributed by atoms with Gasteiger partial charge in [0.15, 0.2) is 4.34 Å². The molecule has 2 N–H and O–H groups in total. The summed E-state index contributed by atoms with van der Waals surface area (Å²) in [4.78, 5) is 5.34. The number of halogens is 1. The summed E-state index contributed by atoms with van der Waals surface area (Å²) in [5.41, 5.74) is 7.04. The molecule has 0 saturated heterocycles. The third-order valence-electron chi connectivity index (χ3n) is 2.19. The Kier molecular flexibility index (Phi) is 4.45. The third kappa shape index (κ3) is 3.45. The maximum Gasteiger partial charge on any atom is 0.154 e. The Hall–Kier alpha value is -0.550. The van der Waals surface area contributed by atoms with Crippen LogP contribution in [0, 0.1) is 0 Å². The smallest absolute Gasteiger partial charge is 0.154 e. The molecule has 1 aromatic heterocycles. The van der Waals surface area contributed by atoms with Crippen molar-refractivity contribution in [3.8, 4) is 0 Å². The van der Waals surface area contributed by atoms with Gasteiger partial charge < -0.3 is 5.73 Å². The van der Waals surface area contributed by atoms with E-state index in [2.05, 4.69) is 11.1 Å². The molecule has 2 rings (SSSR count). The second-order valence-corrected chi connectivity index (χ2v) is 6.37. The van der Waals surface area contributed by atoms with Crippen LogP contribution < -0.4 is 5.73 Å². The van der Waals surface area contributed by atoms with E-state index in [1.54, 1.807) is 29.3 Å². The number of hydrogen-bond acceptors (Lipinski definition) is 4. The maximum absolute atomic E-state index is 6.24. The van der Waals surface area contributed by atoms with Crippen LogP contribution >= 0.6 is 34.7 Å². The molecular weight excluding hydrogens is 272 g/mol. The highest BCUT2D eigenvalue weighted by Gasteiger charge is 2.11. The summed E-state index contributed by atoms with van der Waals surface area (Å²) < 4.78 is 1.00. The monoisotopic (exact) mass is 284 g/mol. The van der Waals surface area contributed by atoms with E-state index in [1.165, 1.54) is 5.56 Å². The second kappa shape index (κ2) is 5.87. The standard InChI is InChI=1S/C12H13ClN2S2/c1-8(14)7-9-3-2-4-10(13)11(9)17-12-15-5-6-16-12/h2-6,8H,7,14H2,1H3. The molecule has 2 nitrogen and oxygen atoms in total. The molecule has 1 atom stereocenters. The molecule has 0 aliphatic heterocycles. The fraction of sp³-hybridized carbons (Fsp3) is 0.250. The van der Waals surface area contributed by atoms with Gasteiger partial charge in [-0.15, -0.1) is 11.3 Å². The van der Waals surface area contributed by atoms with E-state index in [-0.39, 0.29) is 6.04 Å². The number of hydrogen-bond donors (Lipinski definition) is 1. The van der Waals surface area contributed by atoms with E-state index in [0.29, 0.717) is 0 Å². The van der Waals surface area contributed by atoms with Gasteiger partial charge in [-0.1, -0.05) is 35.5 Å². The van der Waals surface area contributed by atoms with Crippen molar-refractivity contribution in [1.82, 2.24) is 4.98 Å². The van der Waals surface area contributed by atoms with Gasteiger partial charge in [0.05, 0.1) is 5.02 Å². The van der Waals surface area contributed by atoms with Crippen molar-refractivity contribution < 1.29 is 0 Å². The number of nitrogens with two attached hydrogens (primary N) is 1. The molecule has 1 unspecified atom stereocenters. The zero-order valence-corrected chi connectivity index (χ0v) is 11.8. The van der Waals surface area contributed by atoms with Crippen LogP contribution in [-0.2, 0) is 6.42 Å². The van der Waals surface area contributed by atoms with E-state index in [1.807, 2.05) is 24.4 Å². The Labute approximate surface area is 114 Å². The van der Waals surface area contributed by atoms with E-state index in [9.17, 15) is 0 Å². The molecule has 0 aliphatic rings. The van der Waals surface area contributed by atoms with Gasteiger partial charge in [-0.2, -0.15) is 0 Å². The van der Waals surface area contributed by atoms with Crippen LogP contribution in [0.2, 0.25) is 5.02 Å². The molecule has 0 aliphatic carbocycles. The lowest BCUT2D eigenvalue weighted by Crippen LogP contribution is -2.18. The fourth-order valence-electron chi connectivity index (χ4n) is 1.52. The Bertz CT molecular complexity index is 483. The highest BCUT2D eigenvalue weighted by atomic mass is 35.5. The SMILES string of the molecule is CC(N)Cc1cccc(Cl)c1Sc1nccs1. The number of rotatable bonds is 4. The molecule has 0 amide bonds. The van der Waals surface area contributed by atoms with Crippen LogP contribution in [-0.4, -0.2) is 11.0 Å². The number of aromatic nitrogens is 1. The van der Waals surface area contributed by atoms with Gasteiger partial charge in [0.1, 0.15) is 0 Å². The van der Waals surface area contributed by atoms with Gasteiger partial charge in [0.25, 0.3) is 0 Å². The van der Waals surface area contributed by atoms with Crippen molar-refractivity contribution in [1.29, 1.82) is 0 Å². The molecule has 0 bridgehead atoms. The van der Waals surface area contributed by atoms with Gasteiger partial charge in [0, 0.05) is 22.5 Å². The lowest BCUT2D eigenvalue weighted by atomic mass is 10.1. The summed E-state index contributed by atoms with van der Waals surface area (Å²) in [6, 6.07) is 6.07. The third-order valence-corrected chi connectivity index (χ3v) is 4.69. The van der Waals surface area contributed by atoms with Crippen LogP contribution in [0.15, 0.2) is 39.0 Å². The largest absolute Gasteiger partial charge is 0.328 e. The Morgan fingerprint density at radius 3 is 3.00 bits per heavy atom. The van der Waals surface area contributed by atoms with E-state index in [4.69, 9.17) is 17.3 Å². The van der Waals surface area contributed by atoms with Gasteiger partial charge in [-0.3, -0.25) is 0 Å². The summed E-state index contributed by atoms with van der Waals surface area (Å²) in [6.07, 6.45) is 2.63. The zero-order chi connectivity index (χ0) is 12.3. The Morgan fingerprint density at radius 2 is 2.35 bits per heavy atom. The van der Waals surface area contributed by atoms with Crippen LogP contribution in [0.25, 0.3) is 0 Å². The minimum absolute atomic E-state index is 0.129. The molecule has 1 heterocycles. The van der Waals surface area contributed by atoms with Crippen LogP contribution in [0.3, 0.4) is 0 Å². The molecule has 0 radical (unpaired) electrons. The molecule has 5 heteroatoms. The first kappa shape index (κ1) is 12.9. The first-order chi connectivity index (χ1) is 8.16. The van der Waals surface area contributed by atoms with Gasteiger partial charge in [-0.05, 0) is 25.0 Å². The topological polar surface area (TPSA) is 38.9 Å². The Balaban J connectivity index is 2.30. The highest BCUT2D eigenvalue weighted by molar-refractivity contribution is 8.01. The lowest BCUT2D eigenvalue weighted by molar-refractivity contribution is 0.729. The van der Waals surface area contributed by atoms with Crippen molar-refractivity contribution in [2.45, 2.75) is 28.6 Å². The highest BCUT2D eigenvalue weighted by Crippen LogP contribution is 2.37. The maximum atomic E-state index is 6.24. The summed E-state index contributed by atoms with van der Waals surface area (Å²) in [6.45, 7) is 2.00. The lowest BCUT2D eigenvalue weighted by Gasteiger charge is -2.11. The van der Waals surface area contributed by atoms with Crippen LogP contribution in [0.5, 0.6) is 0 Å². The molecule has 2 aromatic rings. The molecule has 90 valence electrons. The number of nitrogens with zero attached hydrogens (tertiary/aromatic N) is 1. The summed E-state index contributed by atoms with van der Waals surface area (Å²) in [5, 5.41) is 2.73. The van der Waals surface area contributed by atoms with Crippen molar-refractivity contribution >= 4 is 34.7 Å². The second-order valence-electron chi connectivity index (χ2n) is 3.81. The molecule has 1 aromatic carbocycles. The fourth-order valence-corrected chi connectivity index (χ4v) is 3.54. The minimum Gasteiger partial charge on any atom is -0.328 e. The molecular formula is C12H13ClN2S2. The van der Waals surface area contributed by atoms with Gasteiger partial charge in [-0.25, -0.2) is 4.98 Å². The summed E-state index contributed by atoms with van der Waals surface area (Å²) >= 11 is 9.47. The van der Waals surface area contributed by atoms with Crippen LogP contribution in [0.4, 0.5) is 0 Å². The van der Waals surface area contributed by atoms with Crippen molar-refractivity contribution in [3.05, 3.63) is 40.4 Å².